The van der Waals surface area contributed by atoms with Crippen LogP contribution in [0.3, 0.4) is 0 Å². The van der Waals surface area contributed by atoms with Crippen molar-refractivity contribution >= 4 is 21.7 Å². The van der Waals surface area contributed by atoms with Gasteiger partial charge in [0.25, 0.3) is 0 Å². The van der Waals surface area contributed by atoms with Crippen molar-refractivity contribution in [3.63, 3.8) is 0 Å². The van der Waals surface area contributed by atoms with Crippen molar-refractivity contribution in [3.05, 3.63) is 46.3 Å². The second-order valence-corrected chi connectivity index (χ2v) is 5.99. The van der Waals surface area contributed by atoms with Crippen LogP contribution in [0.25, 0.3) is 0 Å². The summed E-state index contributed by atoms with van der Waals surface area (Å²) in [6.45, 7) is 2.87. The van der Waals surface area contributed by atoms with Gasteiger partial charge in [-0.3, -0.25) is 0 Å². The molecular formula is C16H18BrN3O. The van der Waals surface area contributed by atoms with E-state index < -0.39 is 0 Å². The second kappa shape index (κ2) is 6.43. The smallest absolute Gasteiger partial charge is 0.132 e. The molecule has 0 spiro atoms. The minimum absolute atomic E-state index is 0.158. The lowest BCUT2D eigenvalue weighted by Gasteiger charge is -2.13. The number of hydrogen-bond acceptors (Lipinski definition) is 4. The Kier molecular flexibility index (Phi) is 4.39. The zero-order chi connectivity index (χ0) is 14.7. The van der Waals surface area contributed by atoms with Gasteiger partial charge < -0.3 is 10.1 Å². The average Bonchev–Trinajstić information content (AvgIpc) is 2.88. The maximum Gasteiger partial charge on any atom is 0.132 e. The monoisotopic (exact) mass is 347 g/mol. The van der Waals surface area contributed by atoms with E-state index in [1.54, 1.807) is 0 Å². The summed E-state index contributed by atoms with van der Waals surface area (Å²) in [7, 11) is 0. The number of benzene rings is 1. The summed E-state index contributed by atoms with van der Waals surface area (Å²) in [4.78, 5) is 8.90. The number of ether oxygens (including phenoxy) is 1. The number of nitrogens with one attached hydrogen (secondary N) is 1. The molecule has 110 valence electrons. The Hall–Kier alpha value is -1.62. The molecule has 0 bridgehead atoms. The molecule has 1 atom stereocenters. The minimum Gasteiger partial charge on any atom is -0.488 e. The number of halogens is 1. The molecule has 1 aromatic carbocycles. The van der Waals surface area contributed by atoms with Crippen LogP contribution < -0.4 is 10.1 Å². The highest BCUT2D eigenvalue weighted by Gasteiger charge is 2.22. The van der Waals surface area contributed by atoms with Gasteiger partial charge in [0.05, 0.1) is 6.54 Å². The zero-order valence-corrected chi connectivity index (χ0v) is 13.6. The number of nitrogens with zero attached hydrogens (tertiary/aromatic N) is 2. The van der Waals surface area contributed by atoms with E-state index in [2.05, 4.69) is 50.3 Å². The average molecular weight is 348 g/mol. The maximum atomic E-state index is 5.92. The molecule has 0 saturated heterocycles. The van der Waals surface area contributed by atoms with E-state index in [0.29, 0.717) is 0 Å². The standard InChI is InChI=1S/C16H18BrN3O/c1-2-5-15-19-14(17)9-16(20-15)18-10-12-8-11-6-3-4-7-13(11)21-12/h3-4,6-7,9,12H,2,5,8,10H2,1H3,(H,18,19,20). The van der Waals surface area contributed by atoms with Gasteiger partial charge in [-0.15, -0.1) is 0 Å². The molecular weight excluding hydrogens is 330 g/mol. The third kappa shape index (κ3) is 3.53. The molecule has 2 aromatic rings. The van der Waals surface area contributed by atoms with Crippen molar-refractivity contribution in [1.29, 1.82) is 0 Å². The van der Waals surface area contributed by atoms with Gasteiger partial charge in [0, 0.05) is 18.9 Å². The quantitative estimate of drug-likeness (QED) is 0.839. The van der Waals surface area contributed by atoms with E-state index in [4.69, 9.17) is 4.74 Å². The molecule has 0 radical (unpaired) electrons. The van der Waals surface area contributed by atoms with Crippen molar-refractivity contribution in [3.8, 4) is 5.75 Å². The van der Waals surface area contributed by atoms with E-state index in [9.17, 15) is 0 Å². The van der Waals surface area contributed by atoms with E-state index in [1.165, 1.54) is 5.56 Å². The Labute approximate surface area is 133 Å². The first-order valence-corrected chi connectivity index (χ1v) is 8.06. The van der Waals surface area contributed by atoms with E-state index in [0.717, 1.165) is 47.8 Å². The van der Waals surface area contributed by atoms with Crippen molar-refractivity contribution in [2.45, 2.75) is 32.3 Å². The Balaban J connectivity index is 1.61. The normalized spacial score (nSPS) is 16.4. The van der Waals surface area contributed by atoms with Gasteiger partial charge in [-0.05, 0) is 34.0 Å². The number of aryl methyl sites for hydroxylation is 1. The predicted octanol–water partition coefficient (Wildman–Crippen LogP) is 3.61. The summed E-state index contributed by atoms with van der Waals surface area (Å²) in [6, 6.07) is 10.1. The summed E-state index contributed by atoms with van der Waals surface area (Å²) >= 11 is 3.44. The molecule has 2 heterocycles. The maximum absolute atomic E-state index is 5.92. The molecule has 0 saturated carbocycles. The summed E-state index contributed by atoms with van der Waals surface area (Å²) in [6.07, 6.45) is 3.03. The van der Waals surface area contributed by atoms with Gasteiger partial charge in [0.2, 0.25) is 0 Å². The number of para-hydroxylation sites is 1. The van der Waals surface area contributed by atoms with Crippen LogP contribution in [-0.4, -0.2) is 22.6 Å². The van der Waals surface area contributed by atoms with Crippen molar-refractivity contribution < 1.29 is 4.74 Å². The third-order valence-corrected chi connectivity index (χ3v) is 3.85. The van der Waals surface area contributed by atoms with Crippen LogP contribution in [-0.2, 0) is 12.8 Å². The first-order chi connectivity index (χ1) is 10.2. The highest BCUT2D eigenvalue weighted by atomic mass is 79.9. The number of anilines is 1. The fourth-order valence-corrected chi connectivity index (χ4v) is 2.90. The summed E-state index contributed by atoms with van der Waals surface area (Å²) in [5.74, 6) is 2.71. The summed E-state index contributed by atoms with van der Waals surface area (Å²) in [5.41, 5.74) is 1.28. The van der Waals surface area contributed by atoms with Crippen LogP contribution in [0.4, 0.5) is 5.82 Å². The Morgan fingerprint density at radius 1 is 1.33 bits per heavy atom. The minimum atomic E-state index is 0.158. The van der Waals surface area contributed by atoms with Crippen LogP contribution >= 0.6 is 15.9 Å². The Bertz CT molecular complexity index is 608. The molecule has 1 aliphatic heterocycles. The molecule has 0 amide bonds. The van der Waals surface area contributed by atoms with Crippen molar-refractivity contribution in [1.82, 2.24) is 9.97 Å². The van der Waals surface area contributed by atoms with Gasteiger partial charge >= 0.3 is 0 Å². The summed E-state index contributed by atoms with van der Waals surface area (Å²) < 4.78 is 6.74. The van der Waals surface area contributed by atoms with Crippen molar-refractivity contribution in [2.75, 3.05) is 11.9 Å². The van der Waals surface area contributed by atoms with Gasteiger partial charge in [-0.25, -0.2) is 9.97 Å². The second-order valence-electron chi connectivity index (χ2n) is 5.17. The first kappa shape index (κ1) is 14.3. The fraction of sp³-hybridized carbons (Fsp3) is 0.375. The van der Waals surface area contributed by atoms with E-state index in [1.807, 2.05) is 18.2 Å². The lowest BCUT2D eigenvalue weighted by Crippen LogP contribution is -2.24. The van der Waals surface area contributed by atoms with Crippen LogP contribution in [0.2, 0.25) is 0 Å². The molecule has 1 aliphatic rings. The molecule has 21 heavy (non-hydrogen) atoms. The largest absolute Gasteiger partial charge is 0.488 e. The highest BCUT2D eigenvalue weighted by Crippen LogP contribution is 2.28. The topological polar surface area (TPSA) is 47.0 Å². The lowest BCUT2D eigenvalue weighted by molar-refractivity contribution is 0.246. The van der Waals surface area contributed by atoms with Crippen molar-refractivity contribution in [2.24, 2.45) is 0 Å². The molecule has 4 nitrogen and oxygen atoms in total. The van der Waals surface area contributed by atoms with Crippen LogP contribution in [0, 0.1) is 0 Å². The molecule has 1 aromatic heterocycles. The van der Waals surface area contributed by atoms with Crippen LogP contribution in [0.5, 0.6) is 5.75 Å². The SMILES string of the molecule is CCCc1nc(Br)cc(NCC2Cc3ccccc3O2)n1. The van der Waals surface area contributed by atoms with E-state index >= 15 is 0 Å². The van der Waals surface area contributed by atoms with Gasteiger partial charge in [-0.1, -0.05) is 25.1 Å². The molecule has 1 unspecified atom stereocenters. The molecule has 5 heteroatoms. The molecule has 0 aliphatic carbocycles. The first-order valence-electron chi connectivity index (χ1n) is 7.26. The number of fused-ring (bicyclic) bond motifs is 1. The number of rotatable bonds is 5. The fourth-order valence-electron chi connectivity index (χ4n) is 2.48. The third-order valence-electron chi connectivity index (χ3n) is 3.44. The number of hydrogen-bond donors (Lipinski definition) is 1. The molecule has 0 fully saturated rings. The number of aromatic nitrogens is 2. The highest BCUT2D eigenvalue weighted by molar-refractivity contribution is 9.10. The van der Waals surface area contributed by atoms with E-state index in [-0.39, 0.29) is 6.10 Å². The van der Waals surface area contributed by atoms with Crippen LogP contribution in [0.1, 0.15) is 24.7 Å². The van der Waals surface area contributed by atoms with Gasteiger partial charge in [0.1, 0.15) is 28.1 Å². The van der Waals surface area contributed by atoms with Gasteiger partial charge in [-0.2, -0.15) is 0 Å². The van der Waals surface area contributed by atoms with Crippen LogP contribution in [0.15, 0.2) is 34.9 Å². The Morgan fingerprint density at radius 3 is 3.00 bits per heavy atom. The Morgan fingerprint density at radius 2 is 2.19 bits per heavy atom. The molecule has 1 N–H and O–H groups in total. The van der Waals surface area contributed by atoms with Gasteiger partial charge in [0.15, 0.2) is 0 Å². The zero-order valence-electron chi connectivity index (χ0n) is 12.0. The predicted molar refractivity (Wildman–Crippen MR) is 86.8 cm³/mol. The lowest BCUT2D eigenvalue weighted by atomic mass is 10.1. The molecule has 3 rings (SSSR count). The summed E-state index contributed by atoms with van der Waals surface area (Å²) in [5, 5.41) is 3.35.